The van der Waals surface area contributed by atoms with E-state index in [-0.39, 0.29) is 46.6 Å². The molecule has 3 heterocycles. The topological polar surface area (TPSA) is 127 Å². The SMILES string of the molecule is COc1cc(OC)nc(Oc2ccccc2C(=O)Nc2cccc(C(=O)C3CC[N-]CC3)n2)n1. The number of carbonyl (C=O) groups is 2. The summed E-state index contributed by atoms with van der Waals surface area (Å²) in [6.45, 7) is 1.37. The highest BCUT2D eigenvalue weighted by Gasteiger charge is 2.21. The lowest BCUT2D eigenvalue weighted by Gasteiger charge is -2.30. The number of para-hydroxylation sites is 1. The Balaban J connectivity index is 1.52. The number of pyridine rings is 1. The second kappa shape index (κ2) is 10.7. The minimum atomic E-state index is -0.459. The van der Waals surface area contributed by atoms with E-state index in [4.69, 9.17) is 14.2 Å². The van der Waals surface area contributed by atoms with Gasteiger partial charge in [-0.2, -0.15) is 9.97 Å². The average molecular weight is 462 g/mol. The molecule has 1 aliphatic rings. The van der Waals surface area contributed by atoms with E-state index < -0.39 is 5.91 Å². The molecule has 0 aliphatic carbocycles. The van der Waals surface area contributed by atoms with Crippen molar-refractivity contribution in [3.05, 3.63) is 65.1 Å². The van der Waals surface area contributed by atoms with Crippen molar-refractivity contribution in [2.75, 3.05) is 32.6 Å². The van der Waals surface area contributed by atoms with Crippen LogP contribution in [0.2, 0.25) is 0 Å². The van der Waals surface area contributed by atoms with E-state index in [1.807, 2.05) is 0 Å². The normalized spacial score (nSPS) is 13.7. The molecular formula is C24H24N5O5-. The summed E-state index contributed by atoms with van der Waals surface area (Å²) in [5, 5.41) is 7.02. The Labute approximate surface area is 196 Å². The summed E-state index contributed by atoms with van der Waals surface area (Å²) in [4.78, 5) is 38.5. The fraction of sp³-hybridized carbons (Fsp3) is 0.292. The first kappa shape index (κ1) is 23.1. The first-order valence-electron chi connectivity index (χ1n) is 10.8. The molecule has 2 aromatic heterocycles. The predicted octanol–water partition coefficient (Wildman–Crippen LogP) is 3.90. The summed E-state index contributed by atoms with van der Waals surface area (Å²) in [6, 6.07) is 13.1. The number of piperidine rings is 1. The van der Waals surface area contributed by atoms with Crippen LogP contribution in [0.5, 0.6) is 23.5 Å². The standard InChI is InChI=1S/C24H24N5O5/c1-32-20-14-21(33-2)29-24(28-20)34-18-8-4-3-6-16(18)23(31)27-19-9-5-7-17(26-19)22(30)15-10-12-25-13-11-15/h3-9,14-15H,10-13H2,1-2H3,(H,26,27,31)/q-1. The fourth-order valence-electron chi connectivity index (χ4n) is 3.53. The molecule has 34 heavy (non-hydrogen) atoms. The molecule has 0 radical (unpaired) electrons. The van der Waals surface area contributed by atoms with Crippen LogP contribution in [0.25, 0.3) is 5.32 Å². The van der Waals surface area contributed by atoms with Gasteiger partial charge in [0.1, 0.15) is 17.3 Å². The van der Waals surface area contributed by atoms with Gasteiger partial charge < -0.3 is 24.8 Å². The van der Waals surface area contributed by atoms with E-state index in [0.29, 0.717) is 18.8 Å². The molecule has 10 heteroatoms. The van der Waals surface area contributed by atoms with Crippen LogP contribution in [0, 0.1) is 5.92 Å². The molecule has 1 fully saturated rings. The molecule has 1 aromatic carbocycles. The van der Waals surface area contributed by atoms with Crippen LogP contribution in [-0.4, -0.2) is 54.0 Å². The van der Waals surface area contributed by atoms with Gasteiger partial charge in [-0.15, -0.1) is 13.1 Å². The van der Waals surface area contributed by atoms with Gasteiger partial charge in [0.25, 0.3) is 5.91 Å². The van der Waals surface area contributed by atoms with Crippen LogP contribution in [-0.2, 0) is 0 Å². The lowest BCUT2D eigenvalue weighted by molar-refractivity contribution is 0.0900. The average Bonchev–Trinajstić information content (AvgIpc) is 2.89. The van der Waals surface area contributed by atoms with Crippen molar-refractivity contribution < 1.29 is 23.8 Å². The summed E-state index contributed by atoms with van der Waals surface area (Å²) >= 11 is 0. The van der Waals surface area contributed by atoms with Crippen LogP contribution < -0.4 is 19.5 Å². The van der Waals surface area contributed by atoms with Gasteiger partial charge in [-0.1, -0.05) is 31.0 Å². The molecular weight excluding hydrogens is 438 g/mol. The van der Waals surface area contributed by atoms with Gasteiger partial charge in [-0.05, 0) is 24.3 Å². The van der Waals surface area contributed by atoms with Crippen LogP contribution in [0.1, 0.15) is 33.7 Å². The maximum absolute atomic E-state index is 13.0. The minimum absolute atomic E-state index is 0.0288. The lowest BCUT2D eigenvalue weighted by Crippen LogP contribution is -2.22. The molecule has 0 unspecified atom stereocenters. The zero-order chi connectivity index (χ0) is 23.9. The Morgan fingerprint density at radius 1 is 0.941 bits per heavy atom. The van der Waals surface area contributed by atoms with Crippen molar-refractivity contribution in [1.29, 1.82) is 0 Å². The van der Waals surface area contributed by atoms with Crippen LogP contribution >= 0.6 is 0 Å². The Morgan fingerprint density at radius 3 is 2.35 bits per heavy atom. The molecule has 1 aliphatic heterocycles. The van der Waals surface area contributed by atoms with E-state index >= 15 is 0 Å². The van der Waals surface area contributed by atoms with Gasteiger partial charge in [0.15, 0.2) is 5.78 Å². The largest absolute Gasteiger partial charge is 0.662 e. The Bertz CT molecular complexity index is 1160. The molecule has 1 N–H and O–H groups in total. The van der Waals surface area contributed by atoms with Gasteiger partial charge in [-0.25, -0.2) is 4.98 Å². The van der Waals surface area contributed by atoms with Crippen LogP contribution in [0.15, 0.2) is 48.5 Å². The summed E-state index contributed by atoms with van der Waals surface area (Å²) in [5.74, 6) is 0.420. The number of methoxy groups -OCH3 is 2. The van der Waals surface area contributed by atoms with Gasteiger partial charge in [0.2, 0.25) is 11.8 Å². The second-order valence-corrected chi connectivity index (χ2v) is 7.51. The summed E-state index contributed by atoms with van der Waals surface area (Å²) in [6.07, 6.45) is 1.44. The molecule has 3 aromatic rings. The number of rotatable bonds is 8. The van der Waals surface area contributed by atoms with Crippen molar-refractivity contribution in [3.63, 3.8) is 0 Å². The third-order valence-electron chi connectivity index (χ3n) is 5.30. The number of nitrogens with zero attached hydrogens (tertiary/aromatic N) is 4. The van der Waals surface area contributed by atoms with Gasteiger partial charge >= 0.3 is 6.01 Å². The highest BCUT2D eigenvalue weighted by atomic mass is 16.5. The third-order valence-corrected chi connectivity index (χ3v) is 5.30. The van der Waals surface area contributed by atoms with Crippen molar-refractivity contribution >= 4 is 17.5 Å². The fourth-order valence-corrected chi connectivity index (χ4v) is 3.53. The minimum Gasteiger partial charge on any atom is -0.662 e. The molecule has 0 atom stereocenters. The van der Waals surface area contributed by atoms with Crippen LogP contribution in [0.4, 0.5) is 5.82 Å². The number of ether oxygens (including phenoxy) is 3. The quantitative estimate of drug-likeness (QED) is 0.500. The lowest BCUT2D eigenvalue weighted by atomic mass is 9.92. The Kier molecular flexibility index (Phi) is 7.28. The van der Waals surface area contributed by atoms with E-state index in [0.717, 1.165) is 12.8 Å². The van der Waals surface area contributed by atoms with Gasteiger partial charge in [0, 0.05) is 5.92 Å². The highest BCUT2D eigenvalue weighted by Crippen LogP contribution is 2.27. The molecule has 10 nitrogen and oxygen atoms in total. The first-order chi connectivity index (χ1) is 16.6. The highest BCUT2D eigenvalue weighted by molar-refractivity contribution is 6.06. The number of hydrogen-bond acceptors (Lipinski definition) is 8. The number of Topliss-reactive ketones (excluding diaryl/α,β-unsaturated/α-hetero) is 1. The van der Waals surface area contributed by atoms with E-state index in [9.17, 15) is 9.59 Å². The van der Waals surface area contributed by atoms with Crippen molar-refractivity contribution in [3.8, 4) is 23.5 Å². The number of hydrogen-bond donors (Lipinski definition) is 1. The number of anilines is 1. The van der Waals surface area contributed by atoms with Gasteiger partial charge in [0.05, 0.1) is 25.8 Å². The molecule has 4 rings (SSSR count). The summed E-state index contributed by atoms with van der Waals surface area (Å²) in [7, 11) is 2.92. The zero-order valence-electron chi connectivity index (χ0n) is 18.9. The number of aromatic nitrogens is 3. The smallest absolute Gasteiger partial charge is 0.328 e. The molecule has 1 saturated heterocycles. The number of ketones is 1. The van der Waals surface area contributed by atoms with Gasteiger partial charge in [-0.3, -0.25) is 9.59 Å². The number of benzene rings is 1. The van der Waals surface area contributed by atoms with E-state index in [1.165, 1.54) is 20.3 Å². The third kappa shape index (κ3) is 5.46. The number of nitrogens with one attached hydrogen (secondary N) is 1. The summed E-state index contributed by atoms with van der Waals surface area (Å²) < 4.78 is 16.0. The second-order valence-electron chi connectivity index (χ2n) is 7.51. The summed E-state index contributed by atoms with van der Waals surface area (Å²) in [5.41, 5.74) is 0.561. The van der Waals surface area contributed by atoms with Crippen molar-refractivity contribution in [1.82, 2.24) is 15.0 Å². The van der Waals surface area contributed by atoms with Crippen molar-refractivity contribution in [2.45, 2.75) is 12.8 Å². The van der Waals surface area contributed by atoms with Crippen molar-refractivity contribution in [2.24, 2.45) is 5.92 Å². The molecule has 0 spiro atoms. The molecule has 1 amide bonds. The zero-order valence-corrected chi connectivity index (χ0v) is 18.9. The number of amides is 1. The maximum Gasteiger partial charge on any atom is 0.328 e. The Morgan fingerprint density at radius 2 is 1.65 bits per heavy atom. The molecule has 0 bridgehead atoms. The van der Waals surface area contributed by atoms with Crippen LogP contribution in [0.3, 0.4) is 0 Å². The number of carbonyl (C=O) groups excluding carboxylic acids is 2. The maximum atomic E-state index is 13.0. The molecule has 176 valence electrons. The monoisotopic (exact) mass is 462 g/mol. The molecule has 0 saturated carbocycles. The van der Waals surface area contributed by atoms with E-state index in [1.54, 1.807) is 42.5 Å². The Hall–Kier alpha value is -4.05. The first-order valence-corrected chi connectivity index (χ1v) is 10.8. The van der Waals surface area contributed by atoms with E-state index in [2.05, 4.69) is 25.6 Å². The predicted molar refractivity (Wildman–Crippen MR) is 124 cm³/mol.